The van der Waals surface area contributed by atoms with Gasteiger partial charge in [0.15, 0.2) is 17.5 Å². The van der Waals surface area contributed by atoms with Crippen molar-refractivity contribution in [1.29, 1.82) is 0 Å². The molecule has 1 aromatic rings. The molecule has 43 heavy (non-hydrogen) atoms. The molecule has 7 N–H and O–H groups in total. The van der Waals surface area contributed by atoms with Gasteiger partial charge in [0, 0.05) is 37.1 Å². The number of phenols is 1. The summed E-state index contributed by atoms with van der Waals surface area (Å²) in [7, 11) is 0. The number of aromatic hydroxyl groups is 1. The van der Waals surface area contributed by atoms with E-state index in [-0.39, 0.29) is 17.9 Å². The smallest absolute Gasteiger partial charge is 0.328 e. The number of phenolic OH excluding ortho intramolecular Hbond substituents is 1. The average molecular weight is 607 g/mol. The molecule has 7 atom stereocenters. The number of aliphatic hydroxyl groups excluding tert-OH is 3. The molecule has 15 nitrogen and oxygen atoms in total. The molecular weight excluding hydrogens is 572 g/mol. The van der Waals surface area contributed by atoms with Gasteiger partial charge in [0.05, 0.1) is 18.4 Å². The first-order valence-corrected chi connectivity index (χ1v) is 13.5. The maximum atomic E-state index is 12.1. The van der Waals surface area contributed by atoms with E-state index in [0.29, 0.717) is 18.7 Å². The number of allylic oxidation sites excluding steroid dienone is 2. The molecule has 1 saturated heterocycles. The molecule has 0 radical (unpaired) electrons. The Hall–Kier alpha value is -4.02. The van der Waals surface area contributed by atoms with Gasteiger partial charge in [-0.3, -0.25) is 14.6 Å². The van der Waals surface area contributed by atoms with Crippen LogP contribution in [0.25, 0.3) is 0 Å². The molecule has 1 aromatic carbocycles. The van der Waals surface area contributed by atoms with Crippen molar-refractivity contribution in [2.45, 2.75) is 75.0 Å². The maximum absolute atomic E-state index is 12.1. The molecule has 3 heterocycles. The second-order valence-electron chi connectivity index (χ2n) is 10.9. The highest BCUT2D eigenvalue weighted by Gasteiger charge is 2.46. The third kappa shape index (κ3) is 7.88. The Kier molecular flexibility index (Phi) is 9.72. The standard InChI is InChI=1S/C28H34N2O13/c1-28(40,11-21(32)33)12-22(34)41-13-20-23(35)24(36)25(37)27(43-20)42-19-9-15-4-7-30(17(15)10-18(19)31)6-3-14-2-5-29-16(8-14)26(38)39/h2-3,5-6,9-10,16,20,23-25,27,31,35-37,40H,4,7-8,11-13H2,1H3,(H,32,33)(H,38,39)/b6-3+/t16-,20+,23+,24-,25+,27+,28?/m0/s1. The summed E-state index contributed by atoms with van der Waals surface area (Å²) in [6.45, 7) is 1.09. The van der Waals surface area contributed by atoms with Crippen LogP contribution < -0.4 is 9.64 Å². The molecule has 15 heteroatoms. The topological polar surface area (TPSA) is 236 Å². The number of carboxylic acids is 2. The Labute approximate surface area is 245 Å². The van der Waals surface area contributed by atoms with Crippen molar-refractivity contribution >= 4 is 29.8 Å². The van der Waals surface area contributed by atoms with Gasteiger partial charge in [0.25, 0.3) is 0 Å². The van der Waals surface area contributed by atoms with Gasteiger partial charge in [-0.1, -0.05) is 0 Å². The molecular formula is C28H34N2O13. The number of hydrogen-bond donors (Lipinski definition) is 7. The van der Waals surface area contributed by atoms with Crippen LogP contribution >= 0.6 is 0 Å². The number of fused-ring (bicyclic) bond motifs is 1. The van der Waals surface area contributed by atoms with Crippen molar-refractivity contribution in [1.82, 2.24) is 0 Å². The number of rotatable bonds is 11. The van der Waals surface area contributed by atoms with Gasteiger partial charge in [-0.05, 0) is 42.7 Å². The van der Waals surface area contributed by atoms with Gasteiger partial charge in [0.1, 0.15) is 31.0 Å². The number of benzene rings is 1. The van der Waals surface area contributed by atoms with E-state index in [4.69, 9.17) is 19.3 Å². The largest absolute Gasteiger partial charge is 0.504 e. The van der Waals surface area contributed by atoms with E-state index in [1.165, 1.54) is 12.3 Å². The van der Waals surface area contributed by atoms with Gasteiger partial charge in [0.2, 0.25) is 6.29 Å². The second kappa shape index (κ2) is 13.1. The number of anilines is 1. The summed E-state index contributed by atoms with van der Waals surface area (Å²) in [5.41, 5.74) is 0.350. The van der Waals surface area contributed by atoms with E-state index in [0.717, 1.165) is 18.1 Å². The molecule has 4 rings (SSSR count). The number of dihydropyridines is 1. The van der Waals surface area contributed by atoms with Crippen LogP contribution in [0.15, 0.2) is 41.1 Å². The molecule has 0 aromatic heterocycles. The van der Waals surface area contributed by atoms with E-state index < -0.39 is 79.7 Å². The predicted molar refractivity (Wildman–Crippen MR) is 147 cm³/mol. The van der Waals surface area contributed by atoms with Gasteiger partial charge >= 0.3 is 17.9 Å². The van der Waals surface area contributed by atoms with Crippen LogP contribution in [0.2, 0.25) is 0 Å². The fourth-order valence-electron chi connectivity index (χ4n) is 4.93. The average Bonchev–Trinajstić information content (AvgIpc) is 3.32. The molecule has 0 amide bonds. The quantitative estimate of drug-likeness (QED) is 0.157. The maximum Gasteiger partial charge on any atom is 0.328 e. The summed E-state index contributed by atoms with van der Waals surface area (Å²) in [4.78, 5) is 40.0. The van der Waals surface area contributed by atoms with Crippen LogP contribution in [0.5, 0.6) is 11.5 Å². The van der Waals surface area contributed by atoms with E-state index in [9.17, 15) is 45.0 Å². The van der Waals surface area contributed by atoms with E-state index >= 15 is 0 Å². The number of carboxylic acid groups (broad SMARTS) is 2. The molecule has 1 unspecified atom stereocenters. The Balaban J connectivity index is 1.40. The summed E-state index contributed by atoms with van der Waals surface area (Å²) in [5.74, 6) is -3.70. The summed E-state index contributed by atoms with van der Waals surface area (Å²) < 4.78 is 16.2. The van der Waals surface area contributed by atoms with Crippen molar-refractivity contribution in [3.8, 4) is 11.5 Å². The summed E-state index contributed by atoms with van der Waals surface area (Å²) in [6.07, 6.45) is -1.98. The number of aliphatic imine (C=N–C) groups is 1. The highest BCUT2D eigenvalue weighted by Crippen LogP contribution is 2.40. The first-order valence-electron chi connectivity index (χ1n) is 13.5. The zero-order chi connectivity index (χ0) is 31.5. The lowest BCUT2D eigenvalue weighted by molar-refractivity contribution is -0.278. The summed E-state index contributed by atoms with van der Waals surface area (Å²) in [5, 5.41) is 69.9. The van der Waals surface area contributed by atoms with Crippen LogP contribution in [-0.2, 0) is 30.3 Å². The normalized spacial score (nSPS) is 28.2. The highest BCUT2D eigenvalue weighted by atomic mass is 16.7. The zero-order valence-electron chi connectivity index (χ0n) is 23.1. The molecule has 234 valence electrons. The Morgan fingerprint density at radius 2 is 1.88 bits per heavy atom. The number of hydrogen-bond acceptors (Lipinski definition) is 13. The fourth-order valence-corrected chi connectivity index (χ4v) is 4.93. The molecule has 0 aliphatic carbocycles. The monoisotopic (exact) mass is 606 g/mol. The summed E-state index contributed by atoms with van der Waals surface area (Å²) in [6, 6.07) is 2.14. The van der Waals surface area contributed by atoms with Crippen LogP contribution in [0.3, 0.4) is 0 Å². The SMILES string of the molecule is CC(O)(CC(=O)O)CC(=O)OC[C@H]1O[C@@H](Oc2cc3c(cc2O)N(/C=C/C2=CC=N[C@H](C(=O)O)C2)CC3)[C@H](O)[C@@H](O)[C@@H]1O. The minimum absolute atomic E-state index is 0.0758. The lowest BCUT2D eigenvalue weighted by Gasteiger charge is -2.40. The van der Waals surface area contributed by atoms with Crippen LogP contribution in [-0.4, -0.2) is 115 Å². The molecule has 1 fully saturated rings. The Bertz CT molecular complexity index is 1320. The molecule has 0 bridgehead atoms. The van der Waals surface area contributed by atoms with Gasteiger partial charge in [-0.15, -0.1) is 0 Å². The van der Waals surface area contributed by atoms with Crippen molar-refractivity contribution < 1.29 is 64.3 Å². The van der Waals surface area contributed by atoms with Gasteiger partial charge in [-0.2, -0.15) is 0 Å². The third-order valence-corrected chi connectivity index (χ3v) is 7.21. The van der Waals surface area contributed by atoms with Crippen molar-refractivity contribution in [2.75, 3.05) is 18.1 Å². The highest BCUT2D eigenvalue weighted by molar-refractivity contribution is 5.82. The fraction of sp³-hybridized carbons (Fsp3) is 0.500. The van der Waals surface area contributed by atoms with Crippen LogP contribution in [0.1, 0.15) is 31.7 Å². The number of aliphatic carboxylic acids is 2. The lowest BCUT2D eigenvalue weighted by Crippen LogP contribution is -2.60. The third-order valence-electron chi connectivity index (χ3n) is 7.21. The minimum atomic E-state index is -1.88. The molecule has 0 saturated carbocycles. The minimum Gasteiger partial charge on any atom is -0.504 e. The number of carbonyl (C=O) groups excluding carboxylic acids is 1. The first-order chi connectivity index (χ1) is 20.2. The van der Waals surface area contributed by atoms with E-state index in [2.05, 4.69) is 4.99 Å². The number of carbonyl (C=O) groups is 3. The van der Waals surface area contributed by atoms with Crippen molar-refractivity contribution in [2.24, 2.45) is 4.99 Å². The van der Waals surface area contributed by atoms with Crippen LogP contribution in [0.4, 0.5) is 5.69 Å². The van der Waals surface area contributed by atoms with Crippen molar-refractivity contribution in [3.05, 3.63) is 41.6 Å². The van der Waals surface area contributed by atoms with Gasteiger partial charge < -0.3 is 54.9 Å². The first kappa shape index (κ1) is 31.9. The number of aliphatic hydroxyl groups is 4. The molecule has 0 spiro atoms. The van der Waals surface area contributed by atoms with Crippen molar-refractivity contribution in [3.63, 3.8) is 0 Å². The van der Waals surface area contributed by atoms with E-state index in [1.807, 2.05) is 4.90 Å². The second-order valence-corrected chi connectivity index (χ2v) is 10.9. The zero-order valence-corrected chi connectivity index (χ0v) is 23.1. The van der Waals surface area contributed by atoms with E-state index in [1.54, 1.807) is 24.4 Å². The number of ether oxygens (including phenoxy) is 3. The number of esters is 1. The Morgan fingerprint density at radius 3 is 2.58 bits per heavy atom. The predicted octanol–water partition coefficient (Wildman–Crippen LogP) is -0.532. The van der Waals surface area contributed by atoms with Gasteiger partial charge in [-0.25, -0.2) is 4.79 Å². The number of nitrogens with zero attached hydrogens (tertiary/aromatic N) is 2. The Morgan fingerprint density at radius 1 is 1.14 bits per heavy atom. The lowest BCUT2D eigenvalue weighted by atomic mass is 9.98. The van der Waals surface area contributed by atoms with Crippen LogP contribution in [0, 0.1) is 0 Å². The molecule has 3 aliphatic heterocycles. The summed E-state index contributed by atoms with van der Waals surface area (Å²) >= 11 is 0. The molecule has 3 aliphatic rings.